The van der Waals surface area contributed by atoms with Gasteiger partial charge in [-0.2, -0.15) is 0 Å². The first kappa shape index (κ1) is 16.7. The first-order chi connectivity index (χ1) is 12.2. The van der Waals surface area contributed by atoms with E-state index in [1.807, 2.05) is 30.3 Å². The molecule has 0 atom stereocenters. The molecule has 1 N–H and O–H groups in total. The zero-order chi connectivity index (χ0) is 17.5. The van der Waals surface area contributed by atoms with Crippen molar-refractivity contribution in [2.45, 2.75) is 6.61 Å². The SMILES string of the molecule is O=C(O)c1ccc(-c2nnc(COCCOc3ccccc3)o2)cc1. The van der Waals surface area contributed by atoms with Gasteiger partial charge in [-0.05, 0) is 36.4 Å². The molecule has 0 aliphatic rings. The molecule has 0 unspecified atom stereocenters. The summed E-state index contributed by atoms with van der Waals surface area (Å²) in [5.74, 6) is 0.466. The molecule has 7 nitrogen and oxygen atoms in total. The molecule has 0 fully saturated rings. The molecular weight excluding hydrogens is 324 g/mol. The lowest BCUT2D eigenvalue weighted by Gasteiger charge is -2.05. The smallest absolute Gasteiger partial charge is 0.335 e. The average molecular weight is 340 g/mol. The van der Waals surface area contributed by atoms with Crippen LogP contribution in [0.25, 0.3) is 11.5 Å². The van der Waals surface area contributed by atoms with Gasteiger partial charge in [0.25, 0.3) is 0 Å². The van der Waals surface area contributed by atoms with Crippen LogP contribution in [0, 0.1) is 0 Å². The summed E-state index contributed by atoms with van der Waals surface area (Å²) >= 11 is 0. The molecule has 0 saturated carbocycles. The van der Waals surface area contributed by atoms with E-state index in [4.69, 9.17) is 19.0 Å². The molecule has 0 spiro atoms. The van der Waals surface area contributed by atoms with Gasteiger partial charge >= 0.3 is 5.97 Å². The average Bonchev–Trinajstić information content (AvgIpc) is 3.11. The van der Waals surface area contributed by atoms with Crippen molar-refractivity contribution in [2.24, 2.45) is 0 Å². The van der Waals surface area contributed by atoms with Gasteiger partial charge in [0.1, 0.15) is 19.0 Å². The summed E-state index contributed by atoms with van der Waals surface area (Å²) in [4.78, 5) is 10.8. The van der Waals surface area contributed by atoms with E-state index in [9.17, 15) is 4.79 Å². The lowest BCUT2D eigenvalue weighted by molar-refractivity contribution is 0.0697. The number of aromatic carboxylic acids is 1. The third kappa shape index (κ3) is 4.65. The maximum absolute atomic E-state index is 10.8. The summed E-state index contributed by atoms with van der Waals surface area (Å²) in [5.41, 5.74) is 0.849. The van der Waals surface area contributed by atoms with Crippen LogP contribution in [0.2, 0.25) is 0 Å². The topological polar surface area (TPSA) is 94.7 Å². The fourth-order valence-electron chi connectivity index (χ4n) is 2.08. The lowest BCUT2D eigenvalue weighted by atomic mass is 10.1. The van der Waals surface area contributed by atoms with Gasteiger partial charge in [-0.3, -0.25) is 0 Å². The first-order valence-corrected chi connectivity index (χ1v) is 7.64. The molecule has 0 radical (unpaired) electrons. The lowest BCUT2D eigenvalue weighted by Crippen LogP contribution is -2.06. The van der Waals surface area contributed by atoms with Crippen LogP contribution in [0.5, 0.6) is 5.75 Å². The summed E-state index contributed by atoms with van der Waals surface area (Å²) < 4.78 is 16.5. The monoisotopic (exact) mass is 340 g/mol. The van der Waals surface area contributed by atoms with Gasteiger partial charge in [0.2, 0.25) is 11.8 Å². The van der Waals surface area contributed by atoms with Crippen LogP contribution >= 0.6 is 0 Å². The summed E-state index contributed by atoms with van der Waals surface area (Å²) in [7, 11) is 0. The Morgan fingerprint density at radius 1 is 1.00 bits per heavy atom. The minimum atomic E-state index is -0.983. The van der Waals surface area contributed by atoms with E-state index in [-0.39, 0.29) is 12.2 Å². The van der Waals surface area contributed by atoms with E-state index < -0.39 is 5.97 Å². The summed E-state index contributed by atoms with van der Waals surface area (Å²) in [6.07, 6.45) is 0. The number of carboxylic acids is 1. The van der Waals surface area contributed by atoms with Crippen LogP contribution in [-0.2, 0) is 11.3 Å². The van der Waals surface area contributed by atoms with Crippen molar-refractivity contribution < 1.29 is 23.8 Å². The number of nitrogens with zero attached hydrogens (tertiary/aromatic N) is 2. The van der Waals surface area contributed by atoms with Crippen molar-refractivity contribution in [1.82, 2.24) is 10.2 Å². The fraction of sp³-hybridized carbons (Fsp3) is 0.167. The van der Waals surface area contributed by atoms with Crippen molar-refractivity contribution in [3.8, 4) is 17.2 Å². The van der Waals surface area contributed by atoms with Crippen LogP contribution in [0.15, 0.2) is 59.0 Å². The predicted molar refractivity (Wildman–Crippen MR) is 88.3 cm³/mol. The Balaban J connectivity index is 1.46. The maximum atomic E-state index is 10.8. The Morgan fingerprint density at radius 2 is 1.76 bits per heavy atom. The molecule has 2 aromatic carbocycles. The first-order valence-electron chi connectivity index (χ1n) is 7.64. The predicted octanol–water partition coefficient (Wildman–Crippen LogP) is 3.03. The number of carbonyl (C=O) groups is 1. The van der Waals surface area contributed by atoms with Crippen molar-refractivity contribution in [2.75, 3.05) is 13.2 Å². The Bertz CT molecular complexity index is 815. The molecule has 128 valence electrons. The second-order valence-corrected chi connectivity index (χ2v) is 5.10. The van der Waals surface area contributed by atoms with E-state index in [1.165, 1.54) is 12.1 Å². The van der Waals surface area contributed by atoms with Gasteiger partial charge in [0, 0.05) is 5.56 Å². The van der Waals surface area contributed by atoms with Gasteiger partial charge in [-0.25, -0.2) is 4.79 Å². The number of hydrogen-bond donors (Lipinski definition) is 1. The highest BCUT2D eigenvalue weighted by molar-refractivity contribution is 5.88. The second kappa shape index (κ2) is 8.07. The number of carboxylic acid groups (broad SMARTS) is 1. The Morgan fingerprint density at radius 3 is 2.48 bits per heavy atom. The highest BCUT2D eigenvalue weighted by Gasteiger charge is 2.10. The van der Waals surface area contributed by atoms with Gasteiger partial charge in [0.15, 0.2) is 0 Å². The van der Waals surface area contributed by atoms with Crippen LogP contribution in [-0.4, -0.2) is 34.5 Å². The van der Waals surface area contributed by atoms with Gasteiger partial charge in [0.05, 0.1) is 12.2 Å². The van der Waals surface area contributed by atoms with E-state index >= 15 is 0 Å². The Labute approximate surface area is 143 Å². The highest BCUT2D eigenvalue weighted by Crippen LogP contribution is 2.18. The number of hydrogen-bond acceptors (Lipinski definition) is 6. The standard InChI is InChI=1S/C18H16N2O5/c21-18(22)14-8-6-13(7-9-14)17-20-19-16(25-17)12-23-10-11-24-15-4-2-1-3-5-15/h1-9H,10-12H2,(H,21,22). The molecule has 0 saturated heterocycles. The molecule has 7 heteroatoms. The molecule has 3 aromatic rings. The number of ether oxygens (including phenoxy) is 2. The summed E-state index contributed by atoms with van der Waals surface area (Å²) in [6.45, 7) is 0.986. The van der Waals surface area contributed by atoms with Crippen LogP contribution in [0.1, 0.15) is 16.2 Å². The van der Waals surface area contributed by atoms with E-state index in [0.717, 1.165) is 5.75 Å². The van der Waals surface area contributed by atoms with E-state index in [0.29, 0.717) is 30.6 Å². The van der Waals surface area contributed by atoms with Crippen molar-refractivity contribution in [1.29, 1.82) is 0 Å². The zero-order valence-corrected chi connectivity index (χ0v) is 13.3. The molecular formula is C18H16N2O5. The van der Waals surface area contributed by atoms with Gasteiger partial charge in [-0.1, -0.05) is 18.2 Å². The normalized spacial score (nSPS) is 10.6. The molecule has 25 heavy (non-hydrogen) atoms. The van der Waals surface area contributed by atoms with Crippen molar-refractivity contribution >= 4 is 5.97 Å². The molecule has 0 aliphatic heterocycles. The minimum Gasteiger partial charge on any atom is -0.491 e. The van der Waals surface area contributed by atoms with Crippen LogP contribution in [0.3, 0.4) is 0 Å². The third-order valence-corrected chi connectivity index (χ3v) is 3.31. The molecule has 0 aliphatic carbocycles. The summed E-state index contributed by atoms with van der Waals surface area (Å²) in [6, 6.07) is 15.7. The molecule has 3 rings (SSSR count). The van der Waals surface area contributed by atoms with Crippen molar-refractivity contribution in [3.05, 3.63) is 66.1 Å². The number of para-hydroxylation sites is 1. The molecule has 1 heterocycles. The fourth-order valence-corrected chi connectivity index (χ4v) is 2.08. The quantitative estimate of drug-likeness (QED) is 0.630. The maximum Gasteiger partial charge on any atom is 0.335 e. The van der Waals surface area contributed by atoms with E-state index in [1.54, 1.807) is 12.1 Å². The second-order valence-electron chi connectivity index (χ2n) is 5.10. The number of benzene rings is 2. The van der Waals surface area contributed by atoms with Gasteiger partial charge in [-0.15, -0.1) is 10.2 Å². The van der Waals surface area contributed by atoms with E-state index in [2.05, 4.69) is 10.2 Å². The van der Waals surface area contributed by atoms with Crippen molar-refractivity contribution in [3.63, 3.8) is 0 Å². The largest absolute Gasteiger partial charge is 0.491 e. The highest BCUT2D eigenvalue weighted by atomic mass is 16.5. The third-order valence-electron chi connectivity index (χ3n) is 3.31. The minimum absolute atomic E-state index is 0.179. The summed E-state index contributed by atoms with van der Waals surface area (Å²) in [5, 5.41) is 16.7. The van der Waals surface area contributed by atoms with Gasteiger partial charge < -0.3 is 19.0 Å². The van der Waals surface area contributed by atoms with Crippen LogP contribution in [0.4, 0.5) is 0 Å². The Hall–Kier alpha value is -3.19. The Kier molecular flexibility index (Phi) is 5.38. The number of aromatic nitrogens is 2. The molecule has 1 aromatic heterocycles. The number of rotatable bonds is 8. The zero-order valence-electron chi connectivity index (χ0n) is 13.3. The molecule has 0 bridgehead atoms. The van der Waals surface area contributed by atoms with Crippen LogP contribution < -0.4 is 4.74 Å². The molecule has 0 amide bonds.